The SMILES string of the molecule is O=S(=O)(NCCNc1cc(N2CCCC2)cnn1)c1cccc(C(F)(F)F)c1. The minimum Gasteiger partial charge on any atom is -0.370 e. The number of alkyl halides is 3. The van der Waals surface area contributed by atoms with Crippen LogP contribution in [0.4, 0.5) is 24.7 Å². The second kappa shape index (κ2) is 8.31. The van der Waals surface area contributed by atoms with Gasteiger partial charge in [0.1, 0.15) is 0 Å². The summed E-state index contributed by atoms with van der Waals surface area (Å²) in [7, 11) is -4.05. The lowest BCUT2D eigenvalue weighted by Crippen LogP contribution is -2.29. The van der Waals surface area contributed by atoms with Crippen molar-refractivity contribution in [3.63, 3.8) is 0 Å². The number of sulfonamides is 1. The minimum atomic E-state index is -4.61. The van der Waals surface area contributed by atoms with Crippen molar-refractivity contribution in [1.29, 1.82) is 0 Å². The standard InChI is InChI=1S/C17H20F3N5O2S/c18-17(19,20)13-4-3-5-15(10-13)28(26,27)23-7-6-21-16-11-14(12-22-24-16)25-8-1-2-9-25/h3-5,10-12,23H,1-2,6-9H2,(H,21,24). The smallest absolute Gasteiger partial charge is 0.370 e. The van der Waals surface area contributed by atoms with Crippen LogP contribution >= 0.6 is 0 Å². The Morgan fingerprint density at radius 1 is 1.11 bits per heavy atom. The highest BCUT2D eigenvalue weighted by atomic mass is 32.2. The summed E-state index contributed by atoms with van der Waals surface area (Å²) in [6.07, 6.45) is -0.677. The van der Waals surface area contributed by atoms with E-state index in [2.05, 4.69) is 25.1 Å². The van der Waals surface area contributed by atoms with E-state index < -0.39 is 26.7 Å². The van der Waals surface area contributed by atoms with Gasteiger partial charge in [-0.3, -0.25) is 0 Å². The largest absolute Gasteiger partial charge is 0.416 e. The summed E-state index contributed by atoms with van der Waals surface area (Å²) in [5.74, 6) is 0.502. The molecule has 2 aromatic rings. The molecular weight excluding hydrogens is 395 g/mol. The Morgan fingerprint density at radius 2 is 1.86 bits per heavy atom. The molecule has 0 bridgehead atoms. The highest BCUT2D eigenvalue weighted by Crippen LogP contribution is 2.30. The molecule has 2 N–H and O–H groups in total. The van der Waals surface area contributed by atoms with Crippen molar-refractivity contribution in [2.75, 3.05) is 36.4 Å². The zero-order valence-corrected chi connectivity index (χ0v) is 15.7. The average molecular weight is 415 g/mol. The predicted octanol–water partition coefficient (Wildman–Crippen LogP) is 2.49. The summed E-state index contributed by atoms with van der Waals surface area (Å²) in [5.41, 5.74) is -0.0675. The number of nitrogens with one attached hydrogen (secondary N) is 2. The van der Waals surface area contributed by atoms with Crippen molar-refractivity contribution < 1.29 is 21.6 Å². The molecule has 0 unspecified atom stereocenters. The van der Waals surface area contributed by atoms with Gasteiger partial charge in [-0.2, -0.15) is 18.3 Å². The monoisotopic (exact) mass is 415 g/mol. The van der Waals surface area contributed by atoms with Crippen LogP contribution in [0, 0.1) is 0 Å². The van der Waals surface area contributed by atoms with Crippen LogP contribution in [-0.4, -0.2) is 44.8 Å². The van der Waals surface area contributed by atoms with Crippen molar-refractivity contribution in [1.82, 2.24) is 14.9 Å². The van der Waals surface area contributed by atoms with Crippen LogP contribution in [0.25, 0.3) is 0 Å². The normalized spacial score (nSPS) is 15.0. The third kappa shape index (κ3) is 5.10. The predicted molar refractivity (Wildman–Crippen MR) is 98.6 cm³/mol. The van der Waals surface area contributed by atoms with E-state index in [0.29, 0.717) is 11.9 Å². The van der Waals surface area contributed by atoms with Crippen LogP contribution in [0.5, 0.6) is 0 Å². The lowest BCUT2D eigenvalue weighted by atomic mass is 10.2. The number of aromatic nitrogens is 2. The zero-order chi connectivity index (χ0) is 20.2. The maximum absolute atomic E-state index is 12.8. The van der Waals surface area contributed by atoms with E-state index in [-0.39, 0.29) is 13.1 Å². The van der Waals surface area contributed by atoms with Crippen molar-refractivity contribution in [2.45, 2.75) is 23.9 Å². The van der Waals surface area contributed by atoms with Gasteiger partial charge in [-0.05, 0) is 31.0 Å². The Morgan fingerprint density at radius 3 is 2.57 bits per heavy atom. The quantitative estimate of drug-likeness (QED) is 0.676. The van der Waals surface area contributed by atoms with Gasteiger partial charge >= 0.3 is 6.18 Å². The molecule has 2 heterocycles. The highest BCUT2D eigenvalue weighted by Gasteiger charge is 2.31. The van der Waals surface area contributed by atoms with Gasteiger partial charge in [0.15, 0.2) is 5.82 Å². The summed E-state index contributed by atoms with van der Waals surface area (Å²) in [4.78, 5) is 1.76. The van der Waals surface area contributed by atoms with Crippen LogP contribution in [-0.2, 0) is 16.2 Å². The van der Waals surface area contributed by atoms with E-state index in [0.717, 1.165) is 49.8 Å². The van der Waals surface area contributed by atoms with Gasteiger partial charge in [-0.1, -0.05) is 6.07 Å². The van der Waals surface area contributed by atoms with Gasteiger partial charge in [0.25, 0.3) is 0 Å². The number of anilines is 2. The van der Waals surface area contributed by atoms with Gasteiger partial charge in [0.2, 0.25) is 10.0 Å². The van der Waals surface area contributed by atoms with Crippen molar-refractivity contribution in [3.8, 4) is 0 Å². The minimum absolute atomic E-state index is 0.0196. The van der Waals surface area contributed by atoms with Crippen LogP contribution in [0.15, 0.2) is 41.4 Å². The van der Waals surface area contributed by atoms with E-state index in [9.17, 15) is 21.6 Å². The number of halogens is 3. The van der Waals surface area contributed by atoms with Gasteiger partial charge in [-0.25, -0.2) is 13.1 Å². The molecular formula is C17H20F3N5O2S. The topological polar surface area (TPSA) is 87.2 Å². The fourth-order valence-electron chi connectivity index (χ4n) is 2.89. The molecule has 1 saturated heterocycles. The molecule has 1 aliphatic rings. The van der Waals surface area contributed by atoms with Gasteiger partial charge in [0, 0.05) is 32.2 Å². The van der Waals surface area contributed by atoms with E-state index in [4.69, 9.17) is 0 Å². The summed E-state index contributed by atoms with van der Waals surface area (Å²) < 4.78 is 65.0. The Labute approximate surface area is 161 Å². The summed E-state index contributed by atoms with van der Waals surface area (Å²) >= 11 is 0. The molecule has 1 aliphatic heterocycles. The van der Waals surface area contributed by atoms with Gasteiger partial charge in [-0.15, -0.1) is 5.10 Å². The molecule has 152 valence electrons. The van der Waals surface area contributed by atoms with Crippen LogP contribution in [0.2, 0.25) is 0 Å². The van der Waals surface area contributed by atoms with Crippen LogP contribution in [0.1, 0.15) is 18.4 Å². The zero-order valence-electron chi connectivity index (χ0n) is 14.9. The lowest BCUT2D eigenvalue weighted by Gasteiger charge is -2.17. The first-order chi connectivity index (χ1) is 13.3. The second-order valence-electron chi connectivity index (χ2n) is 6.34. The molecule has 0 saturated carbocycles. The second-order valence-corrected chi connectivity index (χ2v) is 8.11. The van der Waals surface area contributed by atoms with E-state index in [1.165, 1.54) is 0 Å². The first kappa shape index (κ1) is 20.3. The molecule has 0 radical (unpaired) electrons. The molecule has 1 aromatic carbocycles. The van der Waals surface area contributed by atoms with Crippen molar-refractivity contribution >= 4 is 21.5 Å². The Bertz CT molecular complexity index is 915. The first-order valence-electron chi connectivity index (χ1n) is 8.74. The van der Waals surface area contributed by atoms with Crippen LogP contribution in [0.3, 0.4) is 0 Å². The van der Waals surface area contributed by atoms with Gasteiger partial charge < -0.3 is 10.2 Å². The molecule has 3 rings (SSSR count). The van der Waals surface area contributed by atoms with E-state index >= 15 is 0 Å². The Kier molecular flexibility index (Phi) is 6.04. The fourth-order valence-corrected chi connectivity index (χ4v) is 3.97. The lowest BCUT2D eigenvalue weighted by molar-refractivity contribution is -0.137. The summed E-state index contributed by atoms with van der Waals surface area (Å²) in [5, 5.41) is 10.9. The number of benzene rings is 1. The molecule has 0 atom stereocenters. The third-order valence-electron chi connectivity index (χ3n) is 4.31. The summed E-state index contributed by atoms with van der Waals surface area (Å²) in [6.45, 7) is 2.11. The molecule has 0 aliphatic carbocycles. The molecule has 28 heavy (non-hydrogen) atoms. The van der Waals surface area contributed by atoms with E-state index in [1.54, 1.807) is 6.20 Å². The third-order valence-corrected chi connectivity index (χ3v) is 5.76. The molecule has 1 fully saturated rings. The Balaban J connectivity index is 1.55. The van der Waals surface area contributed by atoms with Gasteiger partial charge in [0.05, 0.1) is 22.3 Å². The number of hydrogen-bond acceptors (Lipinski definition) is 6. The average Bonchev–Trinajstić information content (AvgIpc) is 3.20. The van der Waals surface area contributed by atoms with Crippen molar-refractivity contribution in [3.05, 3.63) is 42.1 Å². The van der Waals surface area contributed by atoms with E-state index in [1.807, 2.05) is 6.07 Å². The number of rotatable bonds is 7. The molecule has 7 nitrogen and oxygen atoms in total. The van der Waals surface area contributed by atoms with Crippen molar-refractivity contribution in [2.24, 2.45) is 0 Å². The number of hydrogen-bond donors (Lipinski definition) is 2. The fraction of sp³-hybridized carbons (Fsp3) is 0.412. The highest BCUT2D eigenvalue weighted by molar-refractivity contribution is 7.89. The first-order valence-corrected chi connectivity index (χ1v) is 10.2. The Hall–Kier alpha value is -2.40. The maximum Gasteiger partial charge on any atom is 0.416 e. The number of nitrogens with zero attached hydrogens (tertiary/aromatic N) is 3. The molecule has 0 amide bonds. The van der Waals surface area contributed by atoms with Crippen LogP contribution < -0.4 is 14.9 Å². The maximum atomic E-state index is 12.8. The molecule has 0 spiro atoms. The molecule has 11 heteroatoms. The molecule has 1 aromatic heterocycles. The summed E-state index contributed by atoms with van der Waals surface area (Å²) in [6, 6.07) is 5.46.